The Bertz CT molecular complexity index is 2730. The first-order valence-corrected chi connectivity index (χ1v) is 32.3. The molecule has 0 aliphatic heterocycles. The smallest absolute Gasteiger partial charge is 0.434 e. The molecule has 90 heavy (non-hydrogen) atoms. The summed E-state index contributed by atoms with van der Waals surface area (Å²) < 4.78 is 21.4. The van der Waals surface area contributed by atoms with Gasteiger partial charge in [-0.15, -0.1) is 0 Å². The molecule has 0 saturated carbocycles. The number of nitrogens with zero attached hydrogens (tertiary/aromatic N) is 3. The highest BCUT2D eigenvalue weighted by Crippen LogP contribution is 2.18. The van der Waals surface area contributed by atoms with E-state index in [4.69, 9.17) is 18.9 Å². The Labute approximate surface area is 537 Å². The Balaban J connectivity index is 1.55. The van der Waals surface area contributed by atoms with Crippen molar-refractivity contribution in [3.8, 4) is 11.8 Å². The first kappa shape index (κ1) is 76.7. The molecule has 496 valence electrons. The van der Waals surface area contributed by atoms with Crippen molar-refractivity contribution in [3.05, 3.63) is 101 Å². The summed E-state index contributed by atoms with van der Waals surface area (Å²) >= 11 is 0. The molecule has 0 radical (unpaired) electrons. The molecule has 0 spiro atoms. The Morgan fingerprint density at radius 3 is 1.53 bits per heavy atom. The summed E-state index contributed by atoms with van der Waals surface area (Å²) in [6, 6.07) is 23.6. The number of hydrogen-bond donors (Lipinski definition) is 5. The van der Waals surface area contributed by atoms with Gasteiger partial charge in [-0.3, -0.25) is 14.4 Å². The number of aliphatic imine (C=N–C) groups is 2. The van der Waals surface area contributed by atoms with Crippen LogP contribution < -0.4 is 26.6 Å². The molecular weight excluding hydrogens is 1140 g/mol. The number of aryl methyl sites for hydroxylation is 1. The molecule has 0 aliphatic rings. The Morgan fingerprint density at radius 2 is 1.02 bits per heavy atom. The zero-order valence-electron chi connectivity index (χ0n) is 56.3. The summed E-state index contributed by atoms with van der Waals surface area (Å²) in [5, 5.41) is 14.7. The van der Waals surface area contributed by atoms with Crippen LogP contribution in [0.5, 0.6) is 0 Å². The summed E-state index contributed by atoms with van der Waals surface area (Å²) in [6.45, 7) is 27.7. The molecule has 19 heteroatoms. The van der Waals surface area contributed by atoms with Gasteiger partial charge in [-0.1, -0.05) is 106 Å². The van der Waals surface area contributed by atoms with Gasteiger partial charge >= 0.3 is 24.4 Å². The minimum absolute atomic E-state index is 0.0361. The molecule has 0 aliphatic carbocycles. The van der Waals surface area contributed by atoms with Gasteiger partial charge in [-0.25, -0.2) is 19.2 Å². The number of rotatable bonds is 35. The highest BCUT2D eigenvalue weighted by Gasteiger charge is 2.26. The third-order valence-electron chi connectivity index (χ3n) is 14.0. The van der Waals surface area contributed by atoms with Gasteiger partial charge in [-0.2, -0.15) is 9.98 Å². The van der Waals surface area contributed by atoms with Crippen LogP contribution in [-0.4, -0.2) is 121 Å². The molecule has 7 amide bonds. The van der Waals surface area contributed by atoms with E-state index in [1.807, 2.05) is 148 Å². The molecule has 0 unspecified atom stereocenters. The molecule has 0 heterocycles. The Hall–Kier alpha value is -7.59. The maximum Gasteiger partial charge on any atom is 0.434 e. The summed E-state index contributed by atoms with van der Waals surface area (Å²) in [7, 11) is 0. The number of carbonyl (C=O) groups is 7. The maximum absolute atomic E-state index is 13.9. The number of unbranched alkanes of at least 4 members (excludes halogenated alkanes) is 4. The maximum atomic E-state index is 13.9. The van der Waals surface area contributed by atoms with E-state index in [9.17, 15) is 33.6 Å². The fourth-order valence-corrected chi connectivity index (χ4v) is 9.26. The van der Waals surface area contributed by atoms with Crippen molar-refractivity contribution >= 4 is 59.2 Å². The van der Waals surface area contributed by atoms with Gasteiger partial charge in [0, 0.05) is 67.0 Å². The average Bonchev–Trinajstić information content (AvgIpc) is 3.42. The van der Waals surface area contributed by atoms with Crippen molar-refractivity contribution in [2.45, 2.75) is 222 Å². The van der Waals surface area contributed by atoms with Gasteiger partial charge in [-0.05, 0) is 201 Å². The van der Waals surface area contributed by atoms with E-state index in [0.717, 1.165) is 130 Å². The van der Waals surface area contributed by atoms with Crippen LogP contribution in [0.15, 0.2) is 88.8 Å². The minimum Gasteiger partial charge on any atom is -0.445 e. The molecule has 0 fully saturated rings. The number of ether oxygens (including phenoxy) is 4. The van der Waals surface area contributed by atoms with Crippen molar-refractivity contribution in [3.63, 3.8) is 0 Å². The molecule has 3 aromatic rings. The predicted octanol–water partition coefficient (Wildman–Crippen LogP) is 13.6. The summed E-state index contributed by atoms with van der Waals surface area (Å²) in [5.74, 6) is 5.57. The first-order chi connectivity index (χ1) is 42.5. The van der Waals surface area contributed by atoms with E-state index in [1.165, 1.54) is 0 Å². The molecule has 0 bridgehead atoms. The lowest BCUT2D eigenvalue weighted by Gasteiger charge is -2.23. The SMILES string of the molecule is CC(CCCCC[C@H](C)C(=O)NCCCN(CCCNC(=O)[C@@H](C)CCCCCC(C)=NC(=O)OC(C)(C)C)CCCc1ccc(NC(=O)[C@H](Cc2ccc(C#CCCNC(=O)OCc3ccccc3)cc2)NC(=O)OC(C)(C)C)cc1)=NC(=O)OC(C)(C)C. The lowest BCUT2D eigenvalue weighted by Crippen LogP contribution is -2.47. The zero-order valence-corrected chi connectivity index (χ0v) is 56.3. The highest BCUT2D eigenvalue weighted by molar-refractivity contribution is 5.97. The third-order valence-corrected chi connectivity index (χ3v) is 14.0. The first-order valence-electron chi connectivity index (χ1n) is 32.3. The van der Waals surface area contributed by atoms with Gasteiger partial charge in [0.1, 0.15) is 29.5 Å². The van der Waals surface area contributed by atoms with Crippen LogP contribution in [0.25, 0.3) is 0 Å². The lowest BCUT2D eigenvalue weighted by atomic mass is 10.0. The molecule has 19 nitrogen and oxygen atoms in total. The van der Waals surface area contributed by atoms with Gasteiger partial charge in [0.25, 0.3) is 0 Å². The van der Waals surface area contributed by atoms with Crippen molar-refractivity contribution in [1.82, 2.24) is 26.2 Å². The molecular formula is C71H106N8O11. The third kappa shape index (κ3) is 37.4. The summed E-state index contributed by atoms with van der Waals surface area (Å²) in [5.41, 5.74) is 3.65. The monoisotopic (exact) mass is 1250 g/mol. The van der Waals surface area contributed by atoms with Crippen LogP contribution in [0.2, 0.25) is 0 Å². The van der Waals surface area contributed by atoms with Crippen molar-refractivity contribution in [2.75, 3.05) is 44.6 Å². The van der Waals surface area contributed by atoms with Crippen LogP contribution in [0.3, 0.4) is 0 Å². The van der Waals surface area contributed by atoms with E-state index in [0.29, 0.717) is 44.6 Å². The van der Waals surface area contributed by atoms with Crippen molar-refractivity contribution in [1.29, 1.82) is 0 Å². The van der Waals surface area contributed by atoms with E-state index in [2.05, 4.69) is 53.3 Å². The summed E-state index contributed by atoms with van der Waals surface area (Å²) in [4.78, 5) is 99.8. The number of hydrogen-bond acceptors (Lipinski definition) is 12. The molecule has 3 aromatic carbocycles. The second-order valence-corrected chi connectivity index (χ2v) is 26.2. The lowest BCUT2D eigenvalue weighted by molar-refractivity contribution is -0.125. The summed E-state index contributed by atoms with van der Waals surface area (Å²) in [6.07, 6.45) is 9.73. The highest BCUT2D eigenvalue weighted by atomic mass is 16.6. The van der Waals surface area contributed by atoms with E-state index in [1.54, 1.807) is 20.8 Å². The van der Waals surface area contributed by atoms with Crippen LogP contribution in [0, 0.1) is 23.7 Å². The normalized spacial score (nSPS) is 13.0. The molecule has 3 atom stereocenters. The van der Waals surface area contributed by atoms with E-state index >= 15 is 0 Å². The minimum atomic E-state index is -0.958. The molecule has 0 saturated heterocycles. The van der Waals surface area contributed by atoms with Crippen LogP contribution >= 0.6 is 0 Å². The Morgan fingerprint density at radius 1 is 0.522 bits per heavy atom. The molecule has 0 aromatic heterocycles. The zero-order chi connectivity index (χ0) is 66.5. The fraction of sp³-hybridized carbons (Fsp3) is 0.592. The number of benzene rings is 3. The fourth-order valence-electron chi connectivity index (χ4n) is 9.26. The average molecular weight is 1250 g/mol. The van der Waals surface area contributed by atoms with Crippen LogP contribution in [0.1, 0.15) is 202 Å². The van der Waals surface area contributed by atoms with Gasteiger partial charge in [0.15, 0.2) is 0 Å². The van der Waals surface area contributed by atoms with Crippen molar-refractivity contribution < 1.29 is 52.5 Å². The standard InChI is InChI=1S/C71H106N8O11/c1-52(28-17-14-19-30-54(3)75-66(84)88-69(5,6)7)62(80)72-45-26-48-79(49-27-46-73-63(81)53(2)29-18-15-20-31-55(4)76-67(85)89-70(8,9)10)47-25-35-57-40-42-60(43-41-57)77-64(82)61(78-68(86)90-71(11,12)13)50-58-38-36-56(37-39-58)32-23-24-44-74-65(83)87-51-59-33-21-16-22-34-59/h16,21-22,33-34,36-43,52-53,61H,14-15,17-20,24-31,35,44-51H2,1-13H3,(H,72,80)(H,73,81)(H,74,83)(H,77,82)(H,78,86)/t52-,53-,61-/m0/s1. The largest absolute Gasteiger partial charge is 0.445 e. The van der Waals surface area contributed by atoms with E-state index < -0.39 is 53.1 Å². The molecule has 3 rings (SSSR count). The second kappa shape index (κ2) is 40.9. The van der Waals surface area contributed by atoms with E-state index in [-0.39, 0.29) is 36.7 Å². The quantitative estimate of drug-likeness (QED) is 0.0160. The van der Waals surface area contributed by atoms with Crippen LogP contribution in [0.4, 0.5) is 24.9 Å². The second-order valence-electron chi connectivity index (χ2n) is 26.2. The number of anilines is 1. The predicted molar refractivity (Wildman–Crippen MR) is 358 cm³/mol. The number of nitrogens with one attached hydrogen (secondary N) is 5. The van der Waals surface area contributed by atoms with Gasteiger partial charge in [0.05, 0.1) is 0 Å². The Kier molecular flexibility index (Phi) is 34.9. The molecule has 5 N–H and O–H groups in total. The number of alkyl carbamates (subject to hydrolysis) is 2. The number of amides is 7. The van der Waals surface area contributed by atoms with Gasteiger partial charge in [0.2, 0.25) is 17.7 Å². The van der Waals surface area contributed by atoms with Crippen molar-refractivity contribution in [2.24, 2.45) is 21.8 Å². The number of carbonyl (C=O) groups excluding carboxylic acids is 7. The van der Waals surface area contributed by atoms with Gasteiger partial charge < -0.3 is 50.4 Å². The van der Waals surface area contributed by atoms with Crippen LogP contribution in [-0.2, 0) is 52.8 Å². The topological polar surface area (TPSA) is 245 Å².